The fraction of sp³-hybridized carbons (Fsp3) is 0.444. The molecule has 2 amide bonds. The highest BCUT2D eigenvalue weighted by Gasteiger charge is 2.57. The first kappa shape index (κ1) is 23.4. The standard InChI is InChI=1S/C27H31N3O5/c1-29(2)14-23(25(31)30-12-11-20-21(13-30)24(20)26(32)33)28-27(34)35-15-22-18-9-5-3-7-16(18)17-8-4-6-10-19(17)22/h3-10,20-24H,11-15H2,1-2H3,(H,28,34)(H,32,33)/t20?,21?,23-,24?/m0/s1. The van der Waals surface area contributed by atoms with Gasteiger partial charge in [-0.05, 0) is 54.6 Å². The number of carboxylic acid groups (broad SMARTS) is 1. The van der Waals surface area contributed by atoms with Crippen molar-refractivity contribution in [2.45, 2.75) is 18.4 Å². The van der Waals surface area contributed by atoms with Crippen LogP contribution in [-0.4, -0.2) is 79.3 Å². The smallest absolute Gasteiger partial charge is 0.407 e. The van der Waals surface area contributed by atoms with Crippen molar-refractivity contribution >= 4 is 18.0 Å². The molecule has 0 bridgehead atoms. The average molecular weight is 478 g/mol. The molecule has 0 radical (unpaired) electrons. The van der Waals surface area contributed by atoms with Crippen LogP contribution in [0.5, 0.6) is 0 Å². The third-order valence-electron chi connectivity index (χ3n) is 7.57. The Bertz CT molecular complexity index is 1100. The number of carbonyl (C=O) groups excluding carboxylic acids is 2. The molecule has 184 valence electrons. The number of aliphatic carboxylic acids is 1. The number of alkyl carbamates (subject to hydrolysis) is 1. The van der Waals surface area contributed by atoms with Gasteiger partial charge in [0, 0.05) is 25.6 Å². The molecule has 0 spiro atoms. The molecule has 2 N–H and O–H groups in total. The van der Waals surface area contributed by atoms with Gasteiger partial charge in [-0.2, -0.15) is 0 Å². The highest BCUT2D eigenvalue weighted by molar-refractivity contribution is 5.86. The summed E-state index contributed by atoms with van der Waals surface area (Å²) in [6.45, 7) is 1.45. The van der Waals surface area contributed by atoms with Crippen molar-refractivity contribution in [2.24, 2.45) is 17.8 Å². The van der Waals surface area contributed by atoms with Crippen LogP contribution < -0.4 is 5.32 Å². The number of nitrogens with zero attached hydrogens (tertiary/aromatic N) is 2. The molecule has 1 aliphatic heterocycles. The van der Waals surface area contributed by atoms with Crippen LogP contribution in [0.2, 0.25) is 0 Å². The summed E-state index contributed by atoms with van der Waals surface area (Å²) in [5.41, 5.74) is 4.56. The van der Waals surface area contributed by atoms with Gasteiger partial charge in [0.05, 0.1) is 5.92 Å². The number of carbonyl (C=O) groups is 3. The Balaban J connectivity index is 1.23. The Kier molecular flexibility index (Phi) is 6.23. The second kappa shape index (κ2) is 9.34. The van der Waals surface area contributed by atoms with Crippen molar-refractivity contribution in [1.82, 2.24) is 15.1 Å². The molecule has 1 heterocycles. The van der Waals surface area contributed by atoms with E-state index in [1.807, 2.05) is 43.3 Å². The zero-order chi connectivity index (χ0) is 24.7. The molecule has 2 fully saturated rings. The van der Waals surface area contributed by atoms with Gasteiger partial charge < -0.3 is 25.0 Å². The molecule has 5 rings (SSSR count). The van der Waals surface area contributed by atoms with E-state index in [4.69, 9.17) is 4.74 Å². The SMILES string of the molecule is CN(C)C[C@H](NC(=O)OCC1c2ccccc2-c2ccccc21)C(=O)N1CCC2C(C1)C2C(=O)O. The number of rotatable bonds is 7. The normalized spacial score (nSPS) is 23.2. The number of amides is 2. The van der Waals surface area contributed by atoms with Crippen LogP contribution in [-0.2, 0) is 14.3 Å². The fourth-order valence-corrected chi connectivity index (χ4v) is 5.86. The molecule has 2 aliphatic carbocycles. The van der Waals surface area contributed by atoms with Gasteiger partial charge in [0.1, 0.15) is 12.6 Å². The molecule has 3 unspecified atom stereocenters. The number of hydrogen-bond acceptors (Lipinski definition) is 5. The topological polar surface area (TPSA) is 99.2 Å². The van der Waals surface area contributed by atoms with E-state index >= 15 is 0 Å². The van der Waals surface area contributed by atoms with Crippen molar-refractivity contribution in [3.8, 4) is 11.1 Å². The second-order valence-corrected chi connectivity index (χ2v) is 10.0. The summed E-state index contributed by atoms with van der Waals surface area (Å²) >= 11 is 0. The van der Waals surface area contributed by atoms with Crippen molar-refractivity contribution in [1.29, 1.82) is 0 Å². The Morgan fingerprint density at radius 3 is 2.29 bits per heavy atom. The summed E-state index contributed by atoms with van der Waals surface area (Å²) in [4.78, 5) is 41.0. The lowest BCUT2D eigenvalue weighted by molar-refractivity contribution is -0.139. The Morgan fingerprint density at radius 1 is 1.06 bits per heavy atom. The maximum Gasteiger partial charge on any atom is 0.407 e. The van der Waals surface area contributed by atoms with Crippen LogP contribution in [0.1, 0.15) is 23.5 Å². The van der Waals surface area contributed by atoms with E-state index in [0.717, 1.165) is 22.3 Å². The summed E-state index contributed by atoms with van der Waals surface area (Å²) in [6, 6.07) is 15.5. The van der Waals surface area contributed by atoms with E-state index in [9.17, 15) is 19.5 Å². The Hall–Kier alpha value is -3.39. The van der Waals surface area contributed by atoms with Crippen LogP contribution in [0.4, 0.5) is 4.79 Å². The largest absolute Gasteiger partial charge is 0.481 e. The number of likely N-dealkylation sites (N-methyl/N-ethyl adjacent to an activating group) is 1. The molecule has 1 saturated heterocycles. The van der Waals surface area contributed by atoms with Gasteiger partial charge in [-0.25, -0.2) is 4.79 Å². The molecule has 8 heteroatoms. The summed E-state index contributed by atoms with van der Waals surface area (Å²) in [5, 5.41) is 12.1. The van der Waals surface area contributed by atoms with Gasteiger partial charge in [-0.3, -0.25) is 9.59 Å². The maximum absolute atomic E-state index is 13.3. The van der Waals surface area contributed by atoms with Crippen molar-refractivity contribution in [3.63, 3.8) is 0 Å². The molecular formula is C27H31N3O5. The third-order valence-corrected chi connectivity index (χ3v) is 7.57. The van der Waals surface area contributed by atoms with E-state index in [1.54, 1.807) is 4.90 Å². The molecule has 0 aromatic heterocycles. The van der Waals surface area contributed by atoms with Gasteiger partial charge in [0.25, 0.3) is 0 Å². The molecule has 3 aliphatic rings. The number of nitrogens with one attached hydrogen (secondary N) is 1. The number of likely N-dealkylation sites (tertiary alicyclic amines) is 1. The molecule has 35 heavy (non-hydrogen) atoms. The van der Waals surface area contributed by atoms with E-state index in [2.05, 4.69) is 29.6 Å². The third kappa shape index (κ3) is 4.50. The Labute approximate surface area is 204 Å². The number of hydrogen-bond donors (Lipinski definition) is 2. The summed E-state index contributed by atoms with van der Waals surface area (Å²) in [5.74, 6) is -1.20. The highest BCUT2D eigenvalue weighted by atomic mass is 16.5. The molecule has 4 atom stereocenters. The van der Waals surface area contributed by atoms with E-state index < -0.39 is 18.1 Å². The van der Waals surface area contributed by atoms with Gasteiger partial charge >= 0.3 is 12.1 Å². The molecular weight excluding hydrogens is 446 g/mol. The monoisotopic (exact) mass is 477 g/mol. The van der Waals surface area contributed by atoms with Crippen molar-refractivity contribution in [2.75, 3.05) is 40.3 Å². The number of carboxylic acids is 1. The first-order chi connectivity index (χ1) is 16.8. The van der Waals surface area contributed by atoms with Crippen LogP contribution in [0.25, 0.3) is 11.1 Å². The molecule has 8 nitrogen and oxygen atoms in total. The van der Waals surface area contributed by atoms with Crippen molar-refractivity contribution < 1.29 is 24.2 Å². The van der Waals surface area contributed by atoms with Gasteiger partial charge in [0.2, 0.25) is 5.91 Å². The molecule has 2 aromatic carbocycles. The number of fused-ring (bicyclic) bond motifs is 4. The zero-order valence-electron chi connectivity index (χ0n) is 20.0. The lowest BCUT2D eigenvalue weighted by atomic mass is 9.98. The quantitative estimate of drug-likeness (QED) is 0.636. The van der Waals surface area contributed by atoms with Crippen LogP contribution in [0, 0.1) is 17.8 Å². The molecule has 2 aromatic rings. The lowest BCUT2D eigenvalue weighted by Crippen LogP contribution is -2.54. The predicted molar refractivity (Wildman–Crippen MR) is 130 cm³/mol. The van der Waals surface area contributed by atoms with Crippen LogP contribution in [0.3, 0.4) is 0 Å². The van der Waals surface area contributed by atoms with Crippen LogP contribution in [0.15, 0.2) is 48.5 Å². The number of benzene rings is 2. The minimum atomic E-state index is -0.782. The van der Waals surface area contributed by atoms with Crippen molar-refractivity contribution in [3.05, 3.63) is 59.7 Å². The Morgan fingerprint density at radius 2 is 1.69 bits per heavy atom. The van der Waals surface area contributed by atoms with E-state index in [0.29, 0.717) is 26.1 Å². The maximum atomic E-state index is 13.3. The average Bonchev–Trinajstić information content (AvgIpc) is 3.49. The summed E-state index contributed by atoms with van der Waals surface area (Å²) in [6.07, 6.45) is 0.0595. The summed E-state index contributed by atoms with van der Waals surface area (Å²) < 4.78 is 5.65. The number of ether oxygens (including phenoxy) is 1. The second-order valence-electron chi connectivity index (χ2n) is 10.0. The lowest BCUT2D eigenvalue weighted by Gasteiger charge is -2.31. The fourth-order valence-electron chi connectivity index (χ4n) is 5.86. The van der Waals surface area contributed by atoms with Gasteiger partial charge in [0.15, 0.2) is 0 Å². The van der Waals surface area contributed by atoms with E-state index in [-0.39, 0.29) is 36.2 Å². The number of piperidine rings is 1. The minimum Gasteiger partial charge on any atom is -0.481 e. The van der Waals surface area contributed by atoms with Crippen LogP contribution >= 0.6 is 0 Å². The minimum absolute atomic E-state index is 0.0136. The highest BCUT2D eigenvalue weighted by Crippen LogP contribution is 2.51. The predicted octanol–water partition coefficient (Wildman–Crippen LogP) is 2.63. The van der Waals surface area contributed by atoms with Gasteiger partial charge in [-0.15, -0.1) is 0 Å². The molecule has 1 saturated carbocycles. The van der Waals surface area contributed by atoms with E-state index in [1.165, 1.54) is 0 Å². The first-order valence-electron chi connectivity index (χ1n) is 12.1. The summed E-state index contributed by atoms with van der Waals surface area (Å²) in [7, 11) is 3.68. The van der Waals surface area contributed by atoms with Gasteiger partial charge in [-0.1, -0.05) is 48.5 Å². The first-order valence-corrected chi connectivity index (χ1v) is 12.1. The zero-order valence-corrected chi connectivity index (χ0v) is 20.0.